The zero-order valence-corrected chi connectivity index (χ0v) is 11.6. The number of nitrogens with one attached hydrogen (secondary N) is 1. The van der Waals surface area contributed by atoms with Crippen LogP contribution in [0.1, 0.15) is 32.1 Å². The van der Waals surface area contributed by atoms with Crippen LogP contribution in [-0.2, 0) is 0 Å². The van der Waals surface area contributed by atoms with Crippen molar-refractivity contribution in [1.29, 1.82) is 0 Å². The number of pyridine rings is 1. The molecular formula is C17H20N2O. The van der Waals surface area contributed by atoms with Gasteiger partial charge < -0.3 is 10.1 Å². The molecule has 3 heteroatoms. The first-order valence-corrected chi connectivity index (χ1v) is 7.63. The molecule has 3 nitrogen and oxygen atoms in total. The SMILES string of the molecule is c1cc2cc(OC3CC4CCCC(C3)N4)ccc2cn1. The van der Waals surface area contributed by atoms with Crippen LogP contribution < -0.4 is 10.1 Å². The Bertz CT molecular complexity index is 601. The van der Waals surface area contributed by atoms with Crippen LogP contribution in [0.2, 0.25) is 0 Å². The quantitative estimate of drug-likeness (QED) is 0.907. The van der Waals surface area contributed by atoms with Crippen LogP contribution in [0, 0.1) is 0 Å². The van der Waals surface area contributed by atoms with Crippen molar-refractivity contribution in [3.63, 3.8) is 0 Å². The molecule has 1 aromatic carbocycles. The van der Waals surface area contributed by atoms with E-state index < -0.39 is 0 Å². The monoisotopic (exact) mass is 268 g/mol. The van der Waals surface area contributed by atoms with Crippen molar-refractivity contribution >= 4 is 10.8 Å². The molecule has 0 radical (unpaired) electrons. The summed E-state index contributed by atoms with van der Waals surface area (Å²) >= 11 is 0. The lowest BCUT2D eigenvalue weighted by Gasteiger charge is -2.40. The van der Waals surface area contributed by atoms with Crippen molar-refractivity contribution < 1.29 is 4.74 Å². The summed E-state index contributed by atoms with van der Waals surface area (Å²) in [6, 6.07) is 9.67. The second-order valence-electron chi connectivity index (χ2n) is 6.09. The van der Waals surface area contributed by atoms with Crippen LogP contribution in [0.15, 0.2) is 36.7 Å². The van der Waals surface area contributed by atoms with Gasteiger partial charge in [-0.15, -0.1) is 0 Å². The fourth-order valence-electron chi connectivity index (χ4n) is 3.64. The van der Waals surface area contributed by atoms with Crippen molar-refractivity contribution in [1.82, 2.24) is 10.3 Å². The third-order valence-electron chi connectivity index (χ3n) is 4.59. The minimum Gasteiger partial charge on any atom is -0.490 e. The molecule has 2 unspecified atom stereocenters. The number of hydrogen-bond donors (Lipinski definition) is 1. The predicted octanol–water partition coefficient (Wildman–Crippen LogP) is 3.29. The van der Waals surface area contributed by atoms with Gasteiger partial charge in [0.1, 0.15) is 11.9 Å². The molecule has 2 saturated heterocycles. The third-order valence-corrected chi connectivity index (χ3v) is 4.59. The number of fused-ring (bicyclic) bond motifs is 3. The molecule has 20 heavy (non-hydrogen) atoms. The van der Waals surface area contributed by atoms with E-state index in [1.54, 1.807) is 0 Å². The fraction of sp³-hybridized carbons (Fsp3) is 0.471. The van der Waals surface area contributed by atoms with Crippen LogP contribution in [0.3, 0.4) is 0 Å². The second-order valence-corrected chi connectivity index (χ2v) is 6.09. The first-order valence-electron chi connectivity index (χ1n) is 7.63. The summed E-state index contributed by atoms with van der Waals surface area (Å²) in [4.78, 5) is 4.15. The molecule has 2 atom stereocenters. The molecule has 2 bridgehead atoms. The summed E-state index contributed by atoms with van der Waals surface area (Å²) in [6.07, 6.45) is 10.4. The highest BCUT2D eigenvalue weighted by Crippen LogP contribution is 2.29. The van der Waals surface area contributed by atoms with Crippen LogP contribution in [0.25, 0.3) is 10.8 Å². The van der Waals surface area contributed by atoms with Gasteiger partial charge in [0.25, 0.3) is 0 Å². The fourth-order valence-corrected chi connectivity index (χ4v) is 3.64. The van der Waals surface area contributed by atoms with E-state index in [1.807, 2.05) is 18.5 Å². The maximum absolute atomic E-state index is 6.24. The zero-order chi connectivity index (χ0) is 13.4. The molecule has 104 valence electrons. The van der Waals surface area contributed by atoms with Gasteiger partial charge in [0.15, 0.2) is 0 Å². The van der Waals surface area contributed by atoms with Crippen molar-refractivity contribution in [3.8, 4) is 5.75 Å². The molecule has 3 heterocycles. The molecule has 0 aliphatic carbocycles. The number of rotatable bonds is 2. The number of aromatic nitrogens is 1. The minimum absolute atomic E-state index is 0.367. The van der Waals surface area contributed by atoms with Gasteiger partial charge in [0.05, 0.1) is 0 Å². The highest BCUT2D eigenvalue weighted by Gasteiger charge is 2.32. The molecule has 2 aliphatic rings. The first-order chi connectivity index (χ1) is 9.87. The number of piperidine rings is 2. The Kier molecular flexibility index (Phi) is 3.07. The van der Waals surface area contributed by atoms with Gasteiger partial charge in [-0.05, 0) is 55.3 Å². The summed E-state index contributed by atoms with van der Waals surface area (Å²) in [5.74, 6) is 0.994. The molecule has 0 spiro atoms. The van der Waals surface area contributed by atoms with E-state index in [1.165, 1.54) is 30.0 Å². The van der Waals surface area contributed by atoms with Crippen LogP contribution in [-0.4, -0.2) is 23.2 Å². The number of benzene rings is 1. The van der Waals surface area contributed by atoms with Gasteiger partial charge in [0.2, 0.25) is 0 Å². The molecule has 0 amide bonds. The Morgan fingerprint density at radius 3 is 2.75 bits per heavy atom. The second kappa shape index (κ2) is 5.06. The Morgan fingerprint density at radius 1 is 1.05 bits per heavy atom. The third kappa shape index (κ3) is 2.38. The molecular weight excluding hydrogens is 248 g/mol. The lowest BCUT2D eigenvalue weighted by atomic mass is 9.85. The van der Waals surface area contributed by atoms with E-state index in [0.29, 0.717) is 18.2 Å². The summed E-state index contributed by atoms with van der Waals surface area (Å²) in [5.41, 5.74) is 0. The molecule has 2 aromatic rings. The summed E-state index contributed by atoms with van der Waals surface area (Å²) in [5, 5.41) is 6.08. The van der Waals surface area contributed by atoms with Gasteiger partial charge in [-0.2, -0.15) is 0 Å². The van der Waals surface area contributed by atoms with E-state index in [4.69, 9.17) is 4.74 Å². The standard InChI is InChI=1S/C17H20N2O/c1-2-14-9-17(10-15(3-1)19-14)20-16-5-4-13-11-18-7-6-12(13)8-16/h4-8,11,14-15,17,19H,1-3,9-10H2. The molecule has 1 aromatic heterocycles. The van der Waals surface area contributed by atoms with E-state index in [-0.39, 0.29) is 0 Å². The summed E-state index contributed by atoms with van der Waals surface area (Å²) in [7, 11) is 0. The maximum Gasteiger partial charge on any atom is 0.120 e. The maximum atomic E-state index is 6.24. The number of ether oxygens (including phenoxy) is 1. The molecule has 0 saturated carbocycles. The van der Waals surface area contributed by atoms with Gasteiger partial charge in [-0.3, -0.25) is 4.98 Å². The van der Waals surface area contributed by atoms with Crippen LogP contribution in [0.4, 0.5) is 0 Å². The highest BCUT2D eigenvalue weighted by atomic mass is 16.5. The lowest BCUT2D eigenvalue weighted by molar-refractivity contribution is 0.0928. The molecule has 1 N–H and O–H groups in total. The largest absolute Gasteiger partial charge is 0.490 e. The first kappa shape index (κ1) is 12.2. The van der Waals surface area contributed by atoms with Crippen LogP contribution >= 0.6 is 0 Å². The van der Waals surface area contributed by atoms with E-state index in [9.17, 15) is 0 Å². The van der Waals surface area contributed by atoms with Crippen molar-refractivity contribution in [2.75, 3.05) is 0 Å². The van der Waals surface area contributed by atoms with Gasteiger partial charge >= 0.3 is 0 Å². The average molecular weight is 268 g/mol. The highest BCUT2D eigenvalue weighted by molar-refractivity contribution is 5.82. The molecule has 4 rings (SSSR count). The van der Waals surface area contributed by atoms with Gasteiger partial charge in [0, 0.05) is 29.9 Å². The van der Waals surface area contributed by atoms with E-state index in [0.717, 1.165) is 18.6 Å². The van der Waals surface area contributed by atoms with Crippen molar-refractivity contribution in [2.24, 2.45) is 0 Å². The number of hydrogen-bond acceptors (Lipinski definition) is 3. The average Bonchev–Trinajstić information content (AvgIpc) is 2.47. The minimum atomic E-state index is 0.367. The van der Waals surface area contributed by atoms with E-state index in [2.05, 4.69) is 28.5 Å². The predicted molar refractivity (Wildman–Crippen MR) is 80.0 cm³/mol. The van der Waals surface area contributed by atoms with Crippen molar-refractivity contribution in [3.05, 3.63) is 36.7 Å². The Morgan fingerprint density at radius 2 is 1.90 bits per heavy atom. The van der Waals surface area contributed by atoms with Crippen LogP contribution in [0.5, 0.6) is 5.75 Å². The Balaban J connectivity index is 1.52. The van der Waals surface area contributed by atoms with Gasteiger partial charge in [-0.25, -0.2) is 0 Å². The summed E-state index contributed by atoms with van der Waals surface area (Å²) in [6.45, 7) is 0. The van der Waals surface area contributed by atoms with Gasteiger partial charge in [-0.1, -0.05) is 6.42 Å². The van der Waals surface area contributed by atoms with Crippen molar-refractivity contribution in [2.45, 2.75) is 50.3 Å². The summed E-state index contributed by atoms with van der Waals surface area (Å²) < 4.78 is 6.24. The topological polar surface area (TPSA) is 34.1 Å². The zero-order valence-electron chi connectivity index (χ0n) is 11.6. The molecule has 2 aliphatic heterocycles. The molecule has 2 fully saturated rings. The number of nitrogens with zero attached hydrogens (tertiary/aromatic N) is 1. The van der Waals surface area contributed by atoms with E-state index >= 15 is 0 Å². The normalized spacial score (nSPS) is 29.3. The Hall–Kier alpha value is -1.61. The lowest BCUT2D eigenvalue weighted by Crippen LogP contribution is -2.51. The smallest absolute Gasteiger partial charge is 0.120 e. The Labute approximate surface area is 119 Å².